The number of rotatable bonds is 4. The molecule has 0 bridgehead atoms. The average Bonchev–Trinajstić information content (AvgIpc) is 2.76. The van der Waals surface area contributed by atoms with Crippen molar-refractivity contribution in [2.75, 3.05) is 18.9 Å². The number of sulfonamides is 1. The summed E-state index contributed by atoms with van der Waals surface area (Å²) in [4.78, 5) is 25.3. The maximum Gasteiger partial charge on any atom is 0.241 e. The minimum Gasteiger partial charge on any atom is -0.345 e. The van der Waals surface area contributed by atoms with Crippen molar-refractivity contribution in [2.45, 2.75) is 37.6 Å². The lowest BCUT2D eigenvalue weighted by Crippen LogP contribution is -2.40. The van der Waals surface area contributed by atoms with Gasteiger partial charge < -0.3 is 10.2 Å². The molecule has 2 rings (SSSR count). The van der Waals surface area contributed by atoms with Crippen molar-refractivity contribution in [1.82, 2.24) is 9.62 Å². The molecule has 0 radical (unpaired) electrons. The highest BCUT2D eigenvalue weighted by Crippen LogP contribution is 2.21. The molecule has 8 heteroatoms. The molecule has 1 aromatic rings. The maximum atomic E-state index is 12.4. The summed E-state index contributed by atoms with van der Waals surface area (Å²) < 4.78 is 27.3. The Balaban J connectivity index is 2.13. The van der Waals surface area contributed by atoms with Gasteiger partial charge in [0.15, 0.2) is 0 Å². The van der Waals surface area contributed by atoms with Gasteiger partial charge in [-0.25, -0.2) is 13.1 Å². The molecule has 132 valence electrons. The summed E-state index contributed by atoms with van der Waals surface area (Å²) in [6.07, 6.45) is 0.173. The van der Waals surface area contributed by atoms with Gasteiger partial charge in [0, 0.05) is 31.2 Å². The zero-order valence-electron chi connectivity index (χ0n) is 14.3. The van der Waals surface area contributed by atoms with Crippen LogP contribution in [0.25, 0.3) is 0 Å². The van der Waals surface area contributed by atoms with Gasteiger partial charge in [-0.2, -0.15) is 0 Å². The molecule has 0 aliphatic carbocycles. The summed E-state index contributed by atoms with van der Waals surface area (Å²) in [7, 11) is -2.02. The number of hydrogen-bond donors (Lipinski definition) is 2. The Morgan fingerprint density at radius 1 is 1.29 bits per heavy atom. The molecule has 0 spiro atoms. The zero-order chi connectivity index (χ0) is 18.1. The van der Waals surface area contributed by atoms with Crippen molar-refractivity contribution in [1.29, 1.82) is 0 Å². The fourth-order valence-corrected chi connectivity index (χ4v) is 3.95. The molecule has 1 aromatic carbocycles. The first-order valence-electron chi connectivity index (χ1n) is 7.67. The van der Waals surface area contributed by atoms with E-state index in [2.05, 4.69) is 10.0 Å². The molecule has 1 aliphatic rings. The Bertz CT molecular complexity index is 753. The summed E-state index contributed by atoms with van der Waals surface area (Å²) in [5.74, 6) is -0.776. The van der Waals surface area contributed by atoms with Gasteiger partial charge in [-0.05, 0) is 39.0 Å². The van der Waals surface area contributed by atoms with Gasteiger partial charge in [0.05, 0.1) is 10.8 Å². The average molecular weight is 353 g/mol. The molecule has 1 heterocycles. The third-order valence-electron chi connectivity index (χ3n) is 3.56. The number of nitrogens with zero attached hydrogens (tertiary/aromatic N) is 1. The number of anilines is 1. The maximum absolute atomic E-state index is 12.4. The number of nitrogens with one attached hydrogen (secondary N) is 2. The second-order valence-corrected chi connectivity index (χ2v) is 8.73. The van der Waals surface area contributed by atoms with Crippen LogP contribution in [0.5, 0.6) is 0 Å². The van der Waals surface area contributed by atoms with Crippen molar-refractivity contribution < 1.29 is 18.0 Å². The number of carbonyl (C=O) groups excluding carboxylic acids is 2. The molecule has 0 saturated carbocycles. The highest BCUT2D eigenvalue weighted by molar-refractivity contribution is 7.89. The fourth-order valence-electron chi connectivity index (χ4n) is 2.49. The van der Waals surface area contributed by atoms with Gasteiger partial charge in [0.2, 0.25) is 21.8 Å². The Morgan fingerprint density at radius 2 is 1.96 bits per heavy atom. The highest BCUT2D eigenvalue weighted by Gasteiger charge is 2.32. The third-order valence-corrected chi connectivity index (χ3v) is 5.32. The molecule has 2 amide bonds. The molecular weight excluding hydrogens is 330 g/mol. The van der Waals surface area contributed by atoms with Crippen molar-refractivity contribution >= 4 is 27.5 Å². The van der Waals surface area contributed by atoms with Gasteiger partial charge in [0.25, 0.3) is 0 Å². The predicted molar refractivity (Wildman–Crippen MR) is 90.9 cm³/mol. The normalized spacial score (nSPS) is 18.8. The lowest BCUT2D eigenvalue weighted by Gasteiger charge is -2.20. The second kappa shape index (κ2) is 6.52. The molecule has 1 atom stereocenters. The standard InChI is InChI=1S/C16H23N3O4S/c1-16(2,3)18-24(22,23)13-7-5-6-12(9-13)17-15(21)11-8-14(20)19(4)10-11/h5-7,9,11,18H,8,10H2,1-4H3,(H,17,21). The van der Waals surface area contributed by atoms with E-state index < -0.39 is 21.5 Å². The molecule has 1 aliphatic heterocycles. The van der Waals surface area contributed by atoms with Gasteiger partial charge in [-0.3, -0.25) is 9.59 Å². The zero-order valence-corrected chi connectivity index (χ0v) is 15.1. The van der Waals surface area contributed by atoms with E-state index in [0.29, 0.717) is 12.2 Å². The van der Waals surface area contributed by atoms with Crippen molar-refractivity contribution in [3.05, 3.63) is 24.3 Å². The molecule has 7 nitrogen and oxygen atoms in total. The summed E-state index contributed by atoms with van der Waals surface area (Å²) >= 11 is 0. The minimum atomic E-state index is -3.68. The minimum absolute atomic E-state index is 0.0687. The van der Waals surface area contributed by atoms with Crippen LogP contribution in [0.15, 0.2) is 29.2 Å². The van der Waals surface area contributed by atoms with Crippen molar-refractivity contribution in [3.63, 3.8) is 0 Å². The molecule has 1 unspecified atom stereocenters. The van der Waals surface area contributed by atoms with Crippen molar-refractivity contribution in [2.24, 2.45) is 5.92 Å². The van der Waals surface area contributed by atoms with Crippen LogP contribution >= 0.6 is 0 Å². The van der Waals surface area contributed by atoms with Crippen LogP contribution in [0.3, 0.4) is 0 Å². The first kappa shape index (κ1) is 18.4. The van der Waals surface area contributed by atoms with E-state index >= 15 is 0 Å². The van der Waals surface area contributed by atoms with Gasteiger partial charge in [0.1, 0.15) is 0 Å². The Hall–Kier alpha value is -1.93. The van der Waals surface area contributed by atoms with E-state index in [9.17, 15) is 18.0 Å². The Morgan fingerprint density at radius 3 is 2.50 bits per heavy atom. The lowest BCUT2D eigenvalue weighted by atomic mass is 10.1. The van der Waals surface area contributed by atoms with E-state index in [-0.39, 0.29) is 23.1 Å². The lowest BCUT2D eigenvalue weighted by molar-refractivity contribution is -0.127. The number of hydrogen-bond acceptors (Lipinski definition) is 4. The van der Waals surface area contributed by atoms with E-state index in [4.69, 9.17) is 0 Å². The summed E-state index contributed by atoms with van der Waals surface area (Å²) in [5.41, 5.74) is -0.217. The van der Waals surface area contributed by atoms with Crippen LogP contribution in [-0.4, -0.2) is 44.3 Å². The third kappa shape index (κ3) is 4.55. The van der Waals surface area contributed by atoms with Crippen LogP contribution < -0.4 is 10.0 Å². The van der Waals surface area contributed by atoms with Gasteiger partial charge >= 0.3 is 0 Å². The van der Waals surface area contributed by atoms with Crippen LogP contribution in [0.2, 0.25) is 0 Å². The molecule has 1 saturated heterocycles. The molecule has 0 aromatic heterocycles. The smallest absolute Gasteiger partial charge is 0.241 e. The van der Waals surface area contributed by atoms with Crippen LogP contribution in [-0.2, 0) is 19.6 Å². The summed E-state index contributed by atoms with van der Waals surface area (Å²) in [6, 6.07) is 6.07. The number of carbonyl (C=O) groups is 2. The Labute approximate surface area is 142 Å². The van der Waals surface area contributed by atoms with Crippen LogP contribution in [0, 0.1) is 5.92 Å². The van der Waals surface area contributed by atoms with E-state index in [1.807, 2.05) is 0 Å². The van der Waals surface area contributed by atoms with E-state index in [1.165, 1.54) is 17.0 Å². The Kier molecular flexibility index (Phi) is 5.00. The predicted octanol–water partition coefficient (Wildman–Crippen LogP) is 1.18. The number of likely N-dealkylation sites (tertiary alicyclic amines) is 1. The van der Waals surface area contributed by atoms with Gasteiger partial charge in [-0.1, -0.05) is 6.07 Å². The SMILES string of the molecule is CN1CC(C(=O)Nc2cccc(S(=O)(=O)NC(C)(C)C)c2)CC1=O. The van der Waals surface area contributed by atoms with Crippen molar-refractivity contribution in [3.8, 4) is 0 Å². The first-order valence-corrected chi connectivity index (χ1v) is 9.15. The summed E-state index contributed by atoms with van der Waals surface area (Å²) in [6.45, 7) is 5.63. The summed E-state index contributed by atoms with van der Waals surface area (Å²) in [5, 5.41) is 2.69. The molecule has 24 heavy (non-hydrogen) atoms. The molecule has 1 fully saturated rings. The fraction of sp³-hybridized carbons (Fsp3) is 0.500. The molecule has 2 N–H and O–H groups in total. The largest absolute Gasteiger partial charge is 0.345 e. The van der Waals surface area contributed by atoms with Gasteiger partial charge in [-0.15, -0.1) is 0 Å². The highest BCUT2D eigenvalue weighted by atomic mass is 32.2. The second-order valence-electron chi connectivity index (χ2n) is 7.05. The van der Waals surface area contributed by atoms with Crippen LogP contribution in [0.4, 0.5) is 5.69 Å². The van der Waals surface area contributed by atoms with Crippen LogP contribution in [0.1, 0.15) is 27.2 Å². The van der Waals surface area contributed by atoms with E-state index in [1.54, 1.807) is 40.0 Å². The topological polar surface area (TPSA) is 95.6 Å². The quantitative estimate of drug-likeness (QED) is 0.850. The monoisotopic (exact) mass is 353 g/mol. The first-order chi connectivity index (χ1) is 11.0. The molecular formula is C16H23N3O4S. The number of amides is 2. The van der Waals surface area contributed by atoms with E-state index in [0.717, 1.165) is 0 Å². The number of benzene rings is 1.